The number of methoxy groups -OCH3 is 1. The standard InChI is InChI=1S/C40H48N6O10/c1-22-35(49)43-29(21-47)39(53)44(3)30(17-24-7-12-27(55-6)13-8-24)37(51)42-23(2)38(52)46(5)32-18-25-9-14-28(15-10-25)56-34-20-26(11-16-33(34)48)19-31(36(50)41-22)45(4)40(32)54/h7-16,20,22-23,29-32,47-48H,17-19,21H2,1-6H3,(H,41,50)(H,42,51)(H,43,49)/t22-,23-,29-,30-,31-,32-/m0/s1. The summed E-state index contributed by atoms with van der Waals surface area (Å²) in [5.74, 6) is -3.34. The molecule has 1 saturated heterocycles. The topological polar surface area (TPSA) is 207 Å². The fourth-order valence-electron chi connectivity index (χ4n) is 6.70. The van der Waals surface area contributed by atoms with Gasteiger partial charge in [-0.05, 0) is 66.9 Å². The number of phenolic OH excluding ortho intramolecular Hbond substituents is 1. The molecule has 0 saturated carbocycles. The van der Waals surface area contributed by atoms with E-state index in [-0.39, 0.29) is 30.8 Å². The van der Waals surface area contributed by atoms with E-state index in [1.54, 1.807) is 54.6 Å². The monoisotopic (exact) mass is 772 g/mol. The van der Waals surface area contributed by atoms with Gasteiger partial charge < -0.3 is 50.3 Å². The van der Waals surface area contributed by atoms with E-state index in [2.05, 4.69) is 16.0 Å². The van der Waals surface area contributed by atoms with Gasteiger partial charge in [0.1, 0.15) is 47.8 Å². The first kappa shape index (κ1) is 41.0. The molecule has 5 N–H and O–H groups in total. The predicted octanol–water partition coefficient (Wildman–Crippen LogP) is 0.516. The van der Waals surface area contributed by atoms with Gasteiger partial charge in [0.05, 0.1) is 13.7 Å². The number of phenols is 1. The molecule has 16 heteroatoms. The van der Waals surface area contributed by atoms with E-state index in [0.29, 0.717) is 28.2 Å². The second kappa shape index (κ2) is 17.5. The Morgan fingerprint density at radius 3 is 1.95 bits per heavy atom. The largest absolute Gasteiger partial charge is 0.504 e. The number of rotatable bonds is 4. The van der Waals surface area contributed by atoms with Crippen LogP contribution in [0.5, 0.6) is 23.0 Å². The zero-order chi connectivity index (χ0) is 40.8. The van der Waals surface area contributed by atoms with Gasteiger partial charge in [0.2, 0.25) is 35.4 Å². The van der Waals surface area contributed by atoms with Crippen molar-refractivity contribution in [2.75, 3.05) is 34.9 Å². The molecule has 3 aliphatic rings. The summed E-state index contributed by atoms with van der Waals surface area (Å²) >= 11 is 0. The number of carbonyl (C=O) groups excluding carboxylic acids is 6. The molecule has 0 unspecified atom stereocenters. The molecule has 0 spiro atoms. The molecule has 6 atom stereocenters. The molecule has 56 heavy (non-hydrogen) atoms. The van der Waals surface area contributed by atoms with Gasteiger partial charge in [0.25, 0.3) is 0 Å². The Morgan fingerprint density at radius 1 is 0.696 bits per heavy atom. The van der Waals surface area contributed by atoms with Crippen molar-refractivity contribution in [2.45, 2.75) is 69.4 Å². The summed E-state index contributed by atoms with van der Waals surface area (Å²) in [6.07, 6.45) is -0.0928. The van der Waals surface area contributed by atoms with Crippen molar-refractivity contribution in [2.24, 2.45) is 0 Å². The minimum Gasteiger partial charge on any atom is -0.504 e. The first-order chi connectivity index (χ1) is 26.6. The number of likely N-dealkylation sites (N-methyl/N-ethyl adjacent to an activating group) is 3. The maximum absolute atomic E-state index is 14.6. The molecular formula is C40H48N6O10. The zero-order valence-electron chi connectivity index (χ0n) is 32.1. The van der Waals surface area contributed by atoms with E-state index in [1.165, 1.54) is 64.0 Å². The number of benzene rings is 3. The zero-order valence-corrected chi connectivity index (χ0v) is 32.1. The lowest BCUT2D eigenvalue weighted by molar-refractivity contribution is -0.149. The van der Waals surface area contributed by atoms with Crippen LogP contribution in [0.25, 0.3) is 0 Å². The molecule has 0 radical (unpaired) electrons. The van der Waals surface area contributed by atoms with Crippen LogP contribution in [0.2, 0.25) is 0 Å². The van der Waals surface area contributed by atoms with Gasteiger partial charge >= 0.3 is 0 Å². The van der Waals surface area contributed by atoms with E-state index in [1.807, 2.05) is 0 Å². The van der Waals surface area contributed by atoms with Crippen LogP contribution in [0.15, 0.2) is 66.7 Å². The number of nitrogens with zero attached hydrogens (tertiary/aromatic N) is 3. The van der Waals surface area contributed by atoms with Crippen molar-refractivity contribution < 1.29 is 48.5 Å². The molecule has 6 bridgehead atoms. The number of aliphatic hydroxyl groups excluding tert-OH is 1. The van der Waals surface area contributed by atoms with Crippen LogP contribution >= 0.6 is 0 Å². The van der Waals surface area contributed by atoms with Crippen LogP contribution in [0.3, 0.4) is 0 Å². The molecule has 3 aliphatic heterocycles. The maximum Gasteiger partial charge on any atom is 0.247 e. The normalized spacial score (nSPS) is 24.4. The van der Waals surface area contributed by atoms with Gasteiger partial charge in [-0.1, -0.05) is 30.3 Å². The minimum absolute atomic E-state index is 0.00986. The van der Waals surface area contributed by atoms with Gasteiger partial charge in [-0.25, -0.2) is 0 Å². The predicted molar refractivity (Wildman–Crippen MR) is 203 cm³/mol. The number of carbonyl (C=O) groups is 6. The Balaban J connectivity index is 1.58. The molecule has 298 valence electrons. The summed E-state index contributed by atoms with van der Waals surface area (Å²) in [6.45, 7) is 2.01. The highest BCUT2D eigenvalue weighted by atomic mass is 16.5. The molecule has 0 aromatic heterocycles. The quantitative estimate of drug-likeness (QED) is 0.249. The number of amides is 6. The Bertz CT molecular complexity index is 1960. The molecule has 3 heterocycles. The Hall–Kier alpha value is -6.16. The van der Waals surface area contributed by atoms with Gasteiger partial charge in [-0.3, -0.25) is 28.8 Å². The lowest BCUT2D eigenvalue weighted by Gasteiger charge is -2.37. The number of aliphatic hydroxyl groups is 1. The summed E-state index contributed by atoms with van der Waals surface area (Å²) < 4.78 is 11.2. The maximum atomic E-state index is 14.6. The summed E-state index contributed by atoms with van der Waals surface area (Å²) in [6, 6.07) is 10.5. The molecule has 6 rings (SSSR count). The highest BCUT2D eigenvalue weighted by molar-refractivity contribution is 5.98. The lowest BCUT2D eigenvalue weighted by atomic mass is 9.98. The van der Waals surface area contributed by atoms with Crippen LogP contribution in [-0.4, -0.2) is 131 Å². The van der Waals surface area contributed by atoms with E-state index < -0.39 is 78.3 Å². The summed E-state index contributed by atoms with van der Waals surface area (Å²) in [5, 5.41) is 28.6. The minimum atomic E-state index is -1.51. The Labute approximate surface area is 324 Å². The number of hydrogen-bond donors (Lipinski definition) is 5. The van der Waals surface area contributed by atoms with E-state index in [0.717, 1.165) is 4.90 Å². The van der Waals surface area contributed by atoms with Crippen molar-refractivity contribution in [3.63, 3.8) is 0 Å². The van der Waals surface area contributed by atoms with Gasteiger partial charge in [0.15, 0.2) is 11.5 Å². The van der Waals surface area contributed by atoms with Crippen LogP contribution in [0.4, 0.5) is 0 Å². The van der Waals surface area contributed by atoms with Crippen molar-refractivity contribution in [1.29, 1.82) is 0 Å². The van der Waals surface area contributed by atoms with Crippen molar-refractivity contribution in [3.8, 4) is 23.0 Å². The summed E-state index contributed by atoms with van der Waals surface area (Å²) in [7, 11) is 5.71. The van der Waals surface area contributed by atoms with Gasteiger partial charge in [-0.15, -0.1) is 0 Å². The first-order valence-corrected chi connectivity index (χ1v) is 18.1. The SMILES string of the molecule is COc1ccc(C[C@H]2C(=O)N[C@@H](C)C(=O)N(C)[C@H]3Cc4ccc(cc4)Oc4cc(ccc4O)C[C@@H](C(=O)N[C@@H](C)C(=O)N[C@@H](CO)C(=O)N2C)N(C)C3=O)cc1. The Morgan fingerprint density at radius 2 is 1.30 bits per heavy atom. The van der Waals surface area contributed by atoms with E-state index in [9.17, 15) is 39.0 Å². The third-order valence-electron chi connectivity index (χ3n) is 10.2. The average molecular weight is 773 g/mol. The average Bonchev–Trinajstić information content (AvgIpc) is 3.19. The van der Waals surface area contributed by atoms with E-state index >= 15 is 0 Å². The van der Waals surface area contributed by atoms with Gasteiger partial charge in [0, 0.05) is 40.4 Å². The fourth-order valence-corrected chi connectivity index (χ4v) is 6.70. The van der Waals surface area contributed by atoms with Crippen LogP contribution in [0.1, 0.15) is 30.5 Å². The van der Waals surface area contributed by atoms with Gasteiger partial charge in [-0.2, -0.15) is 0 Å². The van der Waals surface area contributed by atoms with Crippen LogP contribution in [0, 0.1) is 0 Å². The summed E-state index contributed by atoms with van der Waals surface area (Å²) in [4.78, 5) is 87.8. The molecule has 16 nitrogen and oxygen atoms in total. The third kappa shape index (κ3) is 9.20. The molecule has 0 aliphatic carbocycles. The van der Waals surface area contributed by atoms with Crippen molar-refractivity contribution >= 4 is 35.4 Å². The first-order valence-electron chi connectivity index (χ1n) is 18.1. The molecular weight excluding hydrogens is 724 g/mol. The Kier molecular flexibility index (Phi) is 12.8. The lowest BCUT2D eigenvalue weighted by Crippen LogP contribution is -2.62. The van der Waals surface area contributed by atoms with Crippen molar-refractivity contribution in [3.05, 3.63) is 83.4 Å². The number of fused-ring (bicyclic) bond motifs is 2. The smallest absolute Gasteiger partial charge is 0.247 e. The highest BCUT2D eigenvalue weighted by Gasteiger charge is 2.39. The molecule has 3 aromatic carbocycles. The second-order valence-electron chi connectivity index (χ2n) is 14.1. The molecule has 6 amide bonds. The number of aromatic hydroxyl groups is 1. The number of hydrogen-bond acceptors (Lipinski definition) is 10. The van der Waals surface area contributed by atoms with Crippen molar-refractivity contribution in [1.82, 2.24) is 30.7 Å². The number of nitrogens with one attached hydrogen (secondary N) is 3. The fraction of sp³-hybridized carbons (Fsp3) is 0.400. The summed E-state index contributed by atoms with van der Waals surface area (Å²) in [5.41, 5.74) is 1.79. The number of ether oxygens (including phenoxy) is 2. The highest BCUT2D eigenvalue weighted by Crippen LogP contribution is 2.33. The molecule has 3 aromatic rings. The third-order valence-corrected chi connectivity index (χ3v) is 10.2. The van der Waals surface area contributed by atoms with Crippen LogP contribution in [-0.2, 0) is 48.0 Å². The molecule has 1 fully saturated rings. The second-order valence-corrected chi connectivity index (χ2v) is 14.1. The van der Waals surface area contributed by atoms with E-state index in [4.69, 9.17) is 9.47 Å². The van der Waals surface area contributed by atoms with Crippen LogP contribution < -0.4 is 25.4 Å².